The normalized spacial score (nSPS) is 10.9. The van der Waals surface area contributed by atoms with E-state index in [4.69, 9.17) is 14.9 Å². The third kappa shape index (κ3) is 10.5. The van der Waals surface area contributed by atoms with Crippen molar-refractivity contribution in [2.45, 2.75) is 32.7 Å². The molecule has 0 aromatic carbocycles. The number of hydrogen-bond donors (Lipinski definition) is 4. The van der Waals surface area contributed by atoms with Gasteiger partial charge in [0.15, 0.2) is 12.6 Å². The van der Waals surface area contributed by atoms with Crippen LogP contribution >= 0.6 is 0 Å². The second-order valence-electron chi connectivity index (χ2n) is 4.62. The van der Waals surface area contributed by atoms with Gasteiger partial charge in [-0.1, -0.05) is 0 Å². The summed E-state index contributed by atoms with van der Waals surface area (Å²) in [6.07, 6.45) is 4.65. The van der Waals surface area contributed by atoms with Gasteiger partial charge in [0.2, 0.25) is 11.5 Å². The van der Waals surface area contributed by atoms with Gasteiger partial charge >= 0.3 is 6.09 Å². The van der Waals surface area contributed by atoms with Crippen molar-refractivity contribution in [3.63, 3.8) is 0 Å². The highest BCUT2D eigenvalue weighted by Crippen LogP contribution is 1.97. The van der Waals surface area contributed by atoms with Gasteiger partial charge in [0, 0.05) is 17.9 Å². The first-order valence-corrected chi connectivity index (χ1v) is 6.83. The van der Waals surface area contributed by atoms with Crippen molar-refractivity contribution in [2.24, 2.45) is 0 Å². The lowest BCUT2D eigenvalue weighted by Gasteiger charge is -2.08. The lowest BCUT2D eigenvalue weighted by atomic mass is 10.3. The van der Waals surface area contributed by atoms with Crippen molar-refractivity contribution in [3.8, 4) is 0 Å². The second kappa shape index (κ2) is 11.8. The zero-order chi connectivity index (χ0) is 17.7. The lowest BCUT2D eigenvalue weighted by molar-refractivity contribution is -0.110. The van der Waals surface area contributed by atoms with Crippen molar-refractivity contribution in [3.05, 3.63) is 29.7 Å². The summed E-state index contributed by atoms with van der Waals surface area (Å²) in [6.45, 7) is 4.22. The van der Waals surface area contributed by atoms with Crippen LogP contribution in [0.25, 0.3) is 0 Å². The van der Waals surface area contributed by atoms with Crippen molar-refractivity contribution in [1.29, 1.82) is 0 Å². The Bertz CT molecular complexity index is 495. The van der Waals surface area contributed by atoms with Crippen molar-refractivity contribution in [1.82, 2.24) is 15.3 Å². The maximum atomic E-state index is 11.1. The van der Waals surface area contributed by atoms with Crippen LogP contribution in [0.2, 0.25) is 0 Å². The zero-order valence-corrected chi connectivity index (χ0v) is 13.0. The minimum Gasteiger partial charge on any atom is -0.502 e. The molecule has 9 heteroatoms. The summed E-state index contributed by atoms with van der Waals surface area (Å²) in [5.41, 5.74) is 1.06. The molecular weight excluding hydrogens is 306 g/mol. The number of aromatic nitrogens is 2. The minimum atomic E-state index is -0.944. The summed E-state index contributed by atoms with van der Waals surface area (Å²) in [5, 5.41) is 19.0. The molecule has 0 aliphatic heterocycles. The highest BCUT2D eigenvalue weighted by Gasteiger charge is 2.03. The number of H-pyrrole nitrogens is 1. The van der Waals surface area contributed by atoms with Crippen molar-refractivity contribution < 1.29 is 29.3 Å². The number of aliphatic hydroxyl groups is 2. The molecule has 1 aromatic rings. The Kier molecular flexibility index (Phi) is 10.3. The quantitative estimate of drug-likeness (QED) is 0.255. The van der Waals surface area contributed by atoms with E-state index < -0.39 is 11.5 Å². The van der Waals surface area contributed by atoms with E-state index in [1.165, 1.54) is 0 Å². The predicted molar refractivity (Wildman–Crippen MR) is 80.9 cm³/mol. The Morgan fingerprint density at radius 1 is 1.35 bits per heavy atom. The van der Waals surface area contributed by atoms with Gasteiger partial charge in [0.1, 0.15) is 0 Å². The Labute approximate surface area is 133 Å². The fraction of sp³-hybridized carbons (Fsp3) is 0.429. The summed E-state index contributed by atoms with van der Waals surface area (Å²) < 4.78 is 4.97. The molecule has 9 nitrogen and oxygen atoms in total. The Morgan fingerprint density at radius 3 is 2.39 bits per heavy atom. The number of nitrogens with one attached hydrogen (secondary N) is 2. The number of allylic oxidation sites excluding steroid dienone is 2. The van der Waals surface area contributed by atoms with Crippen LogP contribution in [0, 0.1) is 0 Å². The number of imidazole rings is 1. The number of aromatic amines is 1. The van der Waals surface area contributed by atoms with Gasteiger partial charge in [-0.3, -0.25) is 9.59 Å². The minimum absolute atomic E-state index is 0.0241. The number of aliphatic hydroxyl groups excluding tert-OH is 2. The standard InChI is InChI=1S/C10H17N3O2.C4H4O4/c1-8(2)13-10(14)15-5-3-4-9-6-11-7-12-9;5-1-3(7)4(8)2-6/h6-8H,3-5H2,1-2H3,(H,11,12)(H,13,14);1-2,7-8H. The van der Waals surface area contributed by atoms with Crippen LogP contribution in [0.4, 0.5) is 4.79 Å². The Balaban J connectivity index is 0.000000515. The predicted octanol–water partition coefficient (Wildman–Crippen LogP) is 1.19. The zero-order valence-electron chi connectivity index (χ0n) is 13.0. The number of rotatable bonds is 7. The molecular formula is C14H21N3O6. The fourth-order valence-corrected chi connectivity index (χ4v) is 1.25. The molecule has 0 aliphatic carbocycles. The molecule has 1 rings (SSSR count). The van der Waals surface area contributed by atoms with Gasteiger partial charge in [0.25, 0.3) is 0 Å². The van der Waals surface area contributed by atoms with Crippen LogP contribution in [-0.2, 0) is 20.7 Å². The van der Waals surface area contributed by atoms with Crippen LogP contribution < -0.4 is 5.32 Å². The summed E-state index contributed by atoms with van der Waals surface area (Å²) in [4.78, 5) is 36.9. The van der Waals surface area contributed by atoms with E-state index in [0.29, 0.717) is 6.61 Å². The molecule has 0 fully saturated rings. The molecule has 0 bridgehead atoms. The number of hydrogen-bond acceptors (Lipinski definition) is 7. The summed E-state index contributed by atoms with van der Waals surface area (Å²) in [6, 6.07) is 0.116. The van der Waals surface area contributed by atoms with Gasteiger partial charge in [0.05, 0.1) is 12.9 Å². The molecule has 1 aromatic heterocycles. The van der Waals surface area contributed by atoms with E-state index in [2.05, 4.69) is 15.3 Å². The summed E-state index contributed by atoms with van der Waals surface area (Å²) in [7, 11) is 0. The van der Waals surface area contributed by atoms with E-state index in [-0.39, 0.29) is 24.7 Å². The smallest absolute Gasteiger partial charge is 0.407 e. The maximum absolute atomic E-state index is 11.1. The number of aldehydes is 2. The van der Waals surface area contributed by atoms with E-state index >= 15 is 0 Å². The maximum Gasteiger partial charge on any atom is 0.407 e. The average Bonchev–Trinajstić information content (AvgIpc) is 3.03. The van der Waals surface area contributed by atoms with Crippen molar-refractivity contribution >= 4 is 18.7 Å². The van der Waals surface area contributed by atoms with Crippen LogP contribution in [-0.4, -0.2) is 51.5 Å². The third-order valence-electron chi connectivity index (χ3n) is 2.27. The molecule has 0 atom stereocenters. The largest absolute Gasteiger partial charge is 0.502 e. The molecule has 0 unspecified atom stereocenters. The van der Waals surface area contributed by atoms with E-state index in [1.807, 2.05) is 13.8 Å². The van der Waals surface area contributed by atoms with Crippen LogP contribution in [0.3, 0.4) is 0 Å². The fourth-order valence-electron chi connectivity index (χ4n) is 1.25. The second-order valence-corrected chi connectivity index (χ2v) is 4.62. The number of amides is 1. The summed E-state index contributed by atoms with van der Waals surface area (Å²) in [5.74, 6) is -1.89. The molecule has 0 spiro atoms. The van der Waals surface area contributed by atoms with E-state index in [9.17, 15) is 14.4 Å². The lowest BCUT2D eigenvalue weighted by Crippen LogP contribution is -2.30. The van der Waals surface area contributed by atoms with Gasteiger partial charge in [-0.2, -0.15) is 0 Å². The summed E-state index contributed by atoms with van der Waals surface area (Å²) >= 11 is 0. The highest BCUT2D eigenvalue weighted by molar-refractivity contribution is 5.81. The van der Waals surface area contributed by atoms with Crippen LogP contribution in [0.15, 0.2) is 24.0 Å². The molecule has 1 amide bonds. The van der Waals surface area contributed by atoms with Gasteiger partial charge in [-0.15, -0.1) is 0 Å². The first kappa shape index (κ1) is 20.2. The molecule has 4 N–H and O–H groups in total. The number of alkyl carbamates (subject to hydrolysis) is 1. The Hall–Kier alpha value is -2.84. The average molecular weight is 327 g/mol. The molecule has 0 saturated heterocycles. The van der Waals surface area contributed by atoms with Gasteiger partial charge < -0.3 is 25.3 Å². The van der Waals surface area contributed by atoms with Gasteiger partial charge in [-0.25, -0.2) is 9.78 Å². The number of nitrogens with zero attached hydrogens (tertiary/aromatic N) is 1. The number of aryl methyl sites for hydroxylation is 1. The number of carbonyl (C=O) groups excluding carboxylic acids is 3. The van der Waals surface area contributed by atoms with Crippen molar-refractivity contribution in [2.75, 3.05) is 6.61 Å². The van der Waals surface area contributed by atoms with E-state index in [0.717, 1.165) is 18.5 Å². The molecule has 0 aliphatic rings. The van der Waals surface area contributed by atoms with Crippen LogP contribution in [0.5, 0.6) is 0 Å². The number of ether oxygens (including phenoxy) is 1. The van der Waals surface area contributed by atoms with E-state index in [1.54, 1.807) is 12.5 Å². The van der Waals surface area contributed by atoms with Crippen LogP contribution in [0.1, 0.15) is 26.0 Å². The first-order valence-electron chi connectivity index (χ1n) is 6.83. The van der Waals surface area contributed by atoms with Gasteiger partial charge in [-0.05, 0) is 26.7 Å². The molecule has 0 radical (unpaired) electrons. The molecule has 128 valence electrons. The monoisotopic (exact) mass is 327 g/mol. The molecule has 23 heavy (non-hydrogen) atoms. The molecule has 0 saturated carbocycles. The first-order chi connectivity index (χ1) is 10.9. The highest BCUT2D eigenvalue weighted by atomic mass is 16.5. The SMILES string of the molecule is CC(C)NC(=O)OCCCc1cnc[nH]1.O=CC(O)=C(O)C=O. The third-order valence-corrected chi connectivity index (χ3v) is 2.27. The molecule has 1 heterocycles. The Morgan fingerprint density at radius 2 is 1.96 bits per heavy atom. The number of carbonyl (C=O) groups is 3. The topological polar surface area (TPSA) is 142 Å².